The van der Waals surface area contributed by atoms with Crippen LogP contribution in [0, 0.1) is 6.92 Å². The highest BCUT2D eigenvalue weighted by atomic mass is 16.5. The lowest BCUT2D eigenvalue weighted by molar-refractivity contribution is 0.193. The van der Waals surface area contributed by atoms with Gasteiger partial charge in [-0.25, -0.2) is 4.98 Å². The molecule has 1 aromatic carbocycles. The minimum absolute atomic E-state index is 0.349. The van der Waals surface area contributed by atoms with Gasteiger partial charge in [-0.2, -0.15) is 4.98 Å². The second-order valence-electron chi connectivity index (χ2n) is 7.32. The molecule has 4 rings (SSSR count). The number of hydrogen-bond acceptors (Lipinski definition) is 6. The van der Waals surface area contributed by atoms with Crippen molar-refractivity contribution in [1.82, 2.24) is 14.9 Å². The van der Waals surface area contributed by atoms with Crippen molar-refractivity contribution in [2.75, 3.05) is 50.0 Å². The molecule has 0 aliphatic carbocycles. The van der Waals surface area contributed by atoms with Crippen LogP contribution < -0.4 is 10.6 Å². The molecular formula is C20H27N5O. The van der Waals surface area contributed by atoms with E-state index in [-0.39, 0.29) is 0 Å². The summed E-state index contributed by atoms with van der Waals surface area (Å²) in [7, 11) is 0. The number of aromatic nitrogens is 2. The van der Waals surface area contributed by atoms with Crippen LogP contribution in [0.1, 0.15) is 29.2 Å². The predicted octanol–water partition coefficient (Wildman–Crippen LogP) is 2.19. The van der Waals surface area contributed by atoms with Gasteiger partial charge in [0.1, 0.15) is 5.82 Å². The molecule has 0 spiro atoms. The minimum Gasteiger partial charge on any atom is -0.381 e. The second kappa shape index (κ2) is 7.60. The first kappa shape index (κ1) is 17.2. The highest BCUT2D eigenvalue weighted by Crippen LogP contribution is 2.27. The number of nitrogens with two attached hydrogens (primary N) is 1. The van der Waals surface area contributed by atoms with E-state index in [1.54, 1.807) is 0 Å². The number of benzene rings is 1. The van der Waals surface area contributed by atoms with Crippen molar-refractivity contribution in [3.63, 3.8) is 0 Å². The Morgan fingerprint density at radius 1 is 1.15 bits per heavy atom. The third kappa shape index (κ3) is 3.97. The Bertz CT molecular complexity index is 752. The summed E-state index contributed by atoms with van der Waals surface area (Å²) in [5.41, 5.74) is 9.70. The summed E-state index contributed by atoms with van der Waals surface area (Å²) in [5, 5.41) is 0. The number of rotatable bonds is 4. The molecule has 2 saturated heterocycles. The maximum Gasteiger partial charge on any atom is 0.222 e. The zero-order chi connectivity index (χ0) is 17.9. The van der Waals surface area contributed by atoms with E-state index in [0.29, 0.717) is 11.9 Å². The van der Waals surface area contributed by atoms with Crippen molar-refractivity contribution in [1.29, 1.82) is 0 Å². The molecule has 2 aromatic rings. The van der Waals surface area contributed by atoms with E-state index in [1.165, 1.54) is 11.1 Å². The van der Waals surface area contributed by atoms with Gasteiger partial charge in [0.25, 0.3) is 0 Å². The zero-order valence-corrected chi connectivity index (χ0v) is 15.4. The van der Waals surface area contributed by atoms with E-state index >= 15 is 0 Å². The molecule has 26 heavy (non-hydrogen) atoms. The second-order valence-corrected chi connectivity index (χ2v) is 7.32. The highest BCUT2D eigenvalue weighted by Gasteiger charge is 2.23. The van der Waals surface area contributed by atoms with E-state index in [0.717, 1.165) is 63.9 Å². The van der Waals surface area contributed by atoms with Crippen LogP contribution in [0.25, 0.3) is 0 Å². The average molecular weight is 353 g/mol. The van der Waals surface area contributed by atoms with Crippen LogP contribution in [0.2, 0.25) is 0 Å². The minimum atomic E-state index is 0.349. The number of nitrogens with zero attached hydrogens (tertiary/aromatic N) is 4. The molecule has 3 heterocycles. The summed E-state index contributed by atoms with van der Waals surface area (Å²) < 4.78 is 5.49. The molecule has 2 fully saturated rings. The van der Waals surface area contributed by atoms with Gasteiger partial charge in [0, 0.05) is 51.3 Å². The largest absolute Gasteiger partial charge is 0.381 e. The molecule has 2 aliphatic heterocycles. The number of aryl methyl sites for hydroxylation is 1. The Kier molecular flexibility index (Phi) is 5.04. The summed E-state index contributed by atoms with van der Waals surface area (Å²) in [6, 6.07) is 10.9. The maximum absolute atomic E-state index is 5.98. The number of piperazine rings is 1. The number of hydrogen-bond donors (Lipinski definition) is 1. The van der Waals surface area contributed by atoms with Crippen molar-refractivity contribution in [3.8, 4) is 0 Å². The molecular weight excluding hydrogens is 326 g/mol. The van der Waals surface area contributed by atoms with E-state index in [9.17, 15) is 0 Å². The first-order chi connectivity index (χ1) is 12.7. The normalized spacial score (nSPS) is 21.3. The van der Waals surface area contributed by atoms with Gasteiger partial charge in [-0.3, -0.25) is 4.90 Å². The monoisotopic (exact) mass is 353 g/mol. The number of ether oxygens (including phenoxy) is 1. The lowest BCUT2D eigenvalue weighted by Crippen LogP contribution is -2.46. The van der Waals surface area contributed by atoms with Gasteiger partial charge < -0.3 is 15.4 Å². The number of nitrogen functional groups attached to an aromatic ring is 1. The molecule has 138 valence electrons. The number of anilines is 2. The first-order valence-corrected chi connectivity index (χ1v) is 9.42. The standard InChI is InChI=1S/C20H27N5O/c1-15-3-2-4-16(11-15)13-24-6-8-25(9-7-24)19-12-18(22-20(21)23-19)17-5-10-26-14-17/h2-4,11-12,17H,5-10,13-14H2,1H3,(H2,21,22,23). The zero-order valence-electron chi connectivity index (χ0n) is 15.4. The van der Waals surface area contributed by atoms with Crippen LogP contribution >= 0.6 is 0 Å². The van der Waals surface area contributed by atoms with Gasteiger partial charge in [0.05, 0.1) is 12.3 Å². The van der Waals surface area contributed by atoms with Crippen molar-refractivity contribution in [3.05, 3.63) is 47.2 Å². The molecule has 1 aromatic heterocycles. The summed E-state index contributed by atoms with van der Waals surface area (Å²) in [6.45, 7) is 8.67. The third-order valence-corrected chi connectivity index (χ3v) is 5.28. The van der Waals surface area contributed by atoms with Gasteiger partial charge in [0.15, 0.2) is 0 Å². The summed E-state index contributed by atoms with van der Waals surface area (Å²) in [6.07, 6.45) is 1.01. The van der Waals surface area contributed by atoms with E-state index in [1.807, 2.05) is 0 Å². The fourth-order valence-corrected chi connectivity index (χ4v) is 3.81. The smallest absolute Gasteiger partial charge is 0.222 e. The van der Waals surface area contributed by atoms with Crippen LogP contribution in [0.5, 0.6) is 0 Å². The molecule has 0 bridgehead atoms. The molecule has 6 nitrogen and oxygen atoms in total. The third-order valence-electron chi connectivity index (χ3n) is 5.28. The van der Waals surface area contributed by atoms with Gasteiger partial charge in [-0.15, -0.1) is 0 Å². The van der Waals surface area contributed by atoms with E-state index in [4.69, 9.17) is 10.5 Å². The van der Waals surface area contributed by atoms with Gasteiger partial charge in [-0.05, 0) is 18.9 Å². The molecule has 2 N–H and O–H groups in total. The SMILES string of the molecule is Cc1cccc(CN2CCN(c3cc(C4CCOC4)nc(N)n3)CC2)c1. The van der Waals surface area contributed by atoms with E-state index in [2.05, 4.69) is 57.0 Å². The molecule has 0 saturated carbocycles. The van der Waals surface area contributed by atoms with Crippen molar-refractivity contribution >= 4 is 11.8 Å². The van der Waals surface area contributed by atoms with E-state index < -0.39 is 0 Å². The summed E-state index contributed by atoms with van der Waals surface area (Å²) in [4.78, 5) is 13.7. The molecule has 0 amide bonds. The molecule has 0 radical (unpaired) electrons. The Morgan fingerprint density at radius 3 is 2.73 bits per heavy atom. The summed E-state index contributed by atoms with van der Waals surface area (Å²) >= 11 is 0. The van der Waals surface area contributed by atoms with Crippen LogP contribution in [-0.2, 0) is 11.3 Å². The quantitative estimate of drug-likeness (QED) is 0.909. The Hall–Kier alpha value is -2.18. The van der Waals surface area contributed by atoms with Crippen molar-refractivity contribution < 1.29 is 4.74 Å². The predicted molar refractivity (Wildman–Crippen MR) is 103 cm³/mol. The topological polar surface area (TPSA) is 67.5 Å². The lowest BCUT2D eigenvalue weighted by Gasteiger charge is -2.35. The average Bonchev–Trinajstić information content (AvgIpc) is 3.17. The maximum atomic E-state index is 5.98. The Labute approximate surface area is 155 Å². The molecule has 1 atom stereocenters. The van der Waals surface area contributed by atoms with Crippen LogP contribution in [0.4, 0.5) is 11.8 Å². The van der Waals surface area contributed by atoms with Gasteiger partial charge in [-0.1, -0.05) is 29.8 Å². The lowest BCUT2D eigenvalue weighted by atomic mass is 10.0. The van der Waals surface area contributed by atoms with Gasteiger partial charge in [0.2, 0.25) is 5.95 Å². The fraction of sp³-hybridized carbons (Fsp3) is 0.500. The van der Waals surface area contributed by atoms with Gasteiger partial charge >= 0.3 is 0 Å². The fourth-order valence-electron chi connectivity index (χ4n) is 3.81. The van der Waals surface area contributed by atoms with Crippen molar-refractivity contribution in [2.45, 2.75) is 25.8 Å². The highest BCUT2D eigenvalue weighted by molar-refractivity contribution is 5.45. The molecule has 1 unspecified atom stereocenters. The molecule has 2 aliphatic rings. The first-order valence-electron chi connectivity index (χ1n) is 9.42. The van der Waals surface area contributed by atoms with Crippen LogP contribution in [0.3, 0.4) is 0 Å². The van der Waals surface area contributed by atoms with Crippen LogP contribution in [0.15, 0.2) is 30.3 Å². The Balaban J connectivity index is 1.40. The van der Waals surface area contributed by atoms with Crippen molar-refractivity contribution in [2.24, 2.45) is 0 Å². The van der Waals surface area contributed by atoms with Crippen LogP contribution in [-0.4, -0.2) is 54.3 Å². The summed E-state index contributed by atoms with van der Waals surface area (Å²) in [5.74, 6) is 1.67. The molecule has 6 heteroatoms. The Morgan fingerprint density at radius 2 is 2.00 bits per heavy atom.